The molecule has 0 spiro atoms. The number of aliphatic hydroxyl groups is 3. The van der Waals surface area contributed by atoms with Crippen LogP contribution in [0.3, 0.4) is 0 Å². The zero-order chi connectivity index (χ0) is 34.9. The van der Waals surface area contributed by atoms with Crippen molar-refractivity contribution in [2.45, 2.75) is 87.9 Å². The summed E-state index contributed by atoms with van der Waals surface area (Å²) in [6.07, 6.45) is 5.01. The average Bonchev–Trinajstić information content (AvgIpc) is 3.63. The minimum absolute atomic E-state index is 0.00350. The van der Waals surface area contributed by atoms with Gasteiger partial charge in [0.15, 0.2) is 17.6 Å². The van der Waals surface area contributed by atoms with E-state index < -0.39 is 12.2 Å². The Balaban J connectivity index is 1.42. The van der Waals surface area contributed by atoms with Gasteiger partial charge in [-0.15, -0.1) is 0 Å². The number of aromatic hydroxyl groups is 2. The van der Waals surface area contributed by atoms with Crippen LogP contribution in [0.5, 0.6) is 34.5 Å². The number of fused-ring (bicyclic) bond motifs is 4. The lowest BCUT2D eigenvalue weighted by molar-refractivity contribution is 0.00376. The molecule has 0 saturated heterocycles. The average molecular weight is 725 g/mol. The lowest BCUT2D eigenvalue weighted by atomic mass is 9.66. The summed E-state index contributed by atoms with van der Waals surface area (Å²) in [7, 11) is 5.05. The quantitative estimate of drug-likeness (QED) is 0.149. The Morgan fingerprint density at radius 1 is 0.880 bits per heavy atom. The molecule has 0 aromatic heterocycles. The van der Waals surface area contributed by atoms with Gasteiger partial charge in [-0.25, -0.2) is 0 Å². The van der Waals surface area contributed by atoms with Gasteiger partial charge in [-0.1, -0.05) is 41.0 Å². The number of benzene rings is 3. The van der Waals surface area contributed by atoms with E-state index in [4.69, 9.17) is 18.9 Å². The van der Waals surface area contributed by atoms with Crippen molar-refractivity contribution >= 4 is 21.6 Å². The first-order valence-corrected chi connectivity index (χ1v) is 20.4. The van der Waals surface area contributed by atoms with Crippen LogP contribution in [0.25, 0.3) is 11.1 Å². The maximum absolute atomic E-state index is 12.4. The Hall–Kier alpha value is -2.96. The number of rotatable bonds is 8. The van der Waals surface area contributed by atoms with Gasteiger partial charge in [0.05, 0.1) is 26.4 Å². The molecule has 7 rings (SSSR count). The third-order valence-electron chi connectivity index (χ3n) is 11.0. The molecule has 9 nitrogen and oxygen atoms in total. The van der Waals surface area contributed by atoms with Gasteiger partial charge < -0.3 is 44.5 Å². The SMILES string of the molecule is COc1cc([C@@H]2Oc3cc(OCCO)c4c5c3[C@@H](CSSCC[C@@H](C)CC[C@@H](c3cc(O)ccc3-4)[C@@H]5CO)[C@H]2O)cc(OC2CCCC2)c1O. The van der Waals surface area contributed by atoms with Crippen molar-refractivity contribution < 1.29 is 44.5 Å². The topological polar surface area (TPSA) is 138 Å². The fourth-order valence-electron chi connectivity index (χ4n) is 8.43. The number of hydrogen-bond acceptors (Lipinski definition) is 11. The van der Waals surface area contributed by atoms with E-state index in [9.17, 15) is 25.5 Å². The van der Waals surface area contributed by atoms with Gasteiger partial charge in [0.2, 0.25) is 5.75 Å². The predicted molar refractivity (Wildman–Crippen MR) is 196 cm³/mol. The lowest BCUT2D eigenvalue weighted by Crippen LogP contribution is -2.37. The Morgan fingerprint density at radius 3 is 2.44 bits per heavy atom. The molecule has 0 amide bonds. The number of aliphatic hydroxyl groups excluding tert-OH is 3. The first kappa shape index (κ1) is 35.4. The van der Waals surface area contributed by atoms with Gasteiger partial charge in [-0.3, -0.25) is 0 Å². The molecule has 50 heavy (non-hydrogen) atoms. The second-order valence-electron chi connectivity index (χ2n) is 14.1. The Kier molecular flexibility index (Phi) is 10.9. The van der Waals surface area contributed by atoms with Crippen molar-refractivity contribution in [3.05, 3.63) is 58.7 Å². The minimum Gasteiger partial charge on any atom is -0.508 e. The smallest absolute Gasteiger partial charge is 0.200 e. The largest absolute Gasteiger partial charge is 0.508 e. The molecule has 6 atom stereocenters. The fraction of sp³-hybridized carbons (Fsp3) is 0.538. The van der Waals surface area contributed by atoms with Crippen LogP contribution in [0.2, 0.25) is 0 Å². The maximum atomic E-state index is 12.4. The van der Waals surface area contributed by atoms with E-state index in [-0.39, 0.29) is 60.9 Å². The van der Waals surface area contributed by atoms with Crippen molar-refractivity contribution in [1.29, 1.82) is 0 Å². The van der Waals surface area contributed by atoms with E-state index in [0.717, 1.165) is 78.5 Å². The van der Waals surface area contributed by atoms with E-state index >= 15 is 0 Å². The summed E-state index contributed by atoms with van der Waals surface area (Å²) in [6.45, 7) is 2.01. The number of phenols is 2. The molecule has 3 aromatic rings. The Bertz CT molecular complexity index is 1680. The summed E-state index contributed by atoms with van der Waals surface area (Å²) in [6, 6.07) is 10.7. The van der Waals surface area contributed by atoms with E-state index in [1.807, 2.05) is 29.0 Å². The zero-order valence-corrected chi connectivity index (χ0v) is 30.3. The highest BCUT2D eigenvalue weighted by Gasteiger charge is 2.46. The molecule has 270 valence electrons. The molecular weight excluding hydrogens is 677 g/mol. The fourth-order valence-corrected chi connectivity index (χ4v) is 11.0. The molecule has 5 N–H and O–H groups in total. The van der Waals surface area contributed by atoms with Crippen molar-refractivity contribution in [3.63, 3.8) is 0 Å². The number of methoxy groups -OCH3 is 1. The molecule has 0 radical (unpaired) electrons. The molecule has 1 fully saturated rings. The summed E-state index contributed by atoms with van der Waals surface area (Å²) >= 11 is 0. The molecule has 11 heteroatoms. The number of hydrogen-bond donors (Lipinski definition) is 5. The molecule has 2 aliphatic carbocycles. The highest BCUT2D eigenvalue weighted by atomic mass is 33.1. The third kappa shape index (κ3) is 6.72. The van der Waals surface area contributed by atoms with Crippen LogP contribution in [0.15, 0.2) is 36.4 Å². The lowest BCUT2D eigenvalue weighted by Gasteiger charge is -2.43. The van der Waals surface area contributed by atoms with E-state index in [2.05, 4.69) is 6.92 Å². The van der Waals surface area contributed by atoms with Gasteiger partial charge in [0.1, 0.15) is 30.0 Å². The van der Waals surface area contributed by atoms with E-state index in [1.165, 1.54) is 7.11 Å². The van der Waals surface area contributed by atoms with E-state index in [0.29, 0.717) is 34.5 Å². The Labute approximate surface area is 301 Å². The molecule has 3 aromatic carbocycles. The van der Waals surface area contributed by atoms with Crippen LogP contribution < -0.4 is 18.9 Å². The second kappa shape index (κ2) is 15.3. The monoisotopic (exact) mass is 724 g/mol. The van der Waals surface area contributed by atoms with Crippen LogP contribution in [-0.2, 0) is 0 Å². The normalized spacial score (nSPS) is 26.5. The number of phenolic OH excluding ortho intramolecular Hbond substituents is 2. The second-order valence-corrected chi connectivity index (χ2v) is 16.7. The highest BCUT2D eigenvalue weighted by molar-refractivity contribution is 8.76. The summed E-state index contributed by atoms with van der Waals surface area (Å²) in [5, 5.41) is 55.2. The highest BCUT2D eigenvalue weighted by Crippen LogP contribution is 2.60. The van der Waals surface area contributed by atoms with E-state index in [1.54, 1.807) is 29.0 Å². The van der Waals surface area contributed by atoms with Crippen molar-refractivity contribution in [2.24, 2.45) is 5.92 Å². The standard InChI is InChI=1S/C39H48O9S2/c1-21-7-9-25-27-17-23(42)8-10-26(27)34-30(46-13-12-40)18-31-35(36(34)28(25)19-41)29(20-50-49-14-11-21)37(43)39(48-31)22-15-32(45-2)38(44)33(16-22)47-24-5-3-4-6-24/h8,10,15-18,21,24-25,28-29,37,39-44H,3-7,9,11-14,19-20H2,1-2H3/t21-,25-,28-,29+,37+,39-/m0/s1. The molecular formula is C39H48O9S2. The summed E-state index contributed by atoms with van der Waals surface area (Å²) in [4.78, 5) is 0. The first-order chi connectivity index (χ1) is 24.3. The van der Waals surface area contributed by atoms with Crippen molar-refractivity contribution in [3.8, 4) is 45.6 Å². The number of ether oxygens (including phenoxy) is 4. The Morgan fingerprint density at radius 2 is 1.68 bits per heavy atom. The van der Waals surface area contributed by atoms with Gasteiger partial charge in [0.25, 0.3) is 0 Å². The molecule has 2 heterocycles. The summed E-state index contributed by atoms with van der Waals surface area (Å²) < 4.78 is 24.9. The van der Waals surface area contributed by atoms with Crippen LogP contribution in [-0.4, -0.2) is 76.2 Å². The van der Waals surface area contributed by atoms with Crippen molar-refractivity contribution in [2.75, 3.05) is 38.4 Å². The van der Waals surface area contributed by atoms with Crippen LogP contribution in [0.1, 0.15) is 98.0 Å². The molecule has 2 aliphatic heterocycles. The van der Waals surface area contributed by atoms with Crippen LogP contribution in [0, 0.1) is 5.92 Å². The predicted octanol–water partition coefficient (Wildman–Crippen LogP) is 7.42. The van der Waals surface area contributed by atoms with Crippen LogP contribution in [0.4, 0.5) is 0 Å². The first-order valence-electron chi connectivity index (χ1n) is 17.9. The third-order valence-corrected chi connectivity index (χ3v) is 13.5. The summed E-state index contributed by atoms with van der Waals surface area (Å²) in [5.41, 5.74) is 5.06. The van der Waals surface area contributed by atoms with Gasteiger partial charge in [-0.2, -0.15) is 0 Å². The van der Waals surface area contributed by atoms with Crippen molar-refractivity contribution in [1.82, 2.24) is 0 Å². The maximum Gasteiger partial charge on any atom is 0.200 e. The molecule has 2 bridgehead atoms. The minimum atomic E-state index is -0.986. The van der Waals surface area contributed by atoms with Gasteiger partial charge in [-0.05, 0) is 91.3 Å². The molecule has 4 aliphatic rings. The van der Waals surface area contributed by atoms with Gasteiger partial charge in [0, 0.05) is 46.1 Å². The zero-order valence-electron chi connectivity index (χ0n) is 28.7. The van der Waals surface area contributed by atoms with Crippen LogP contribution >= 0.6 is 21.6 Å². The van der Waals surface area contributed by atoms with Gasteiger partial charge >= 0.3 is 0 Å². The summed E-state index contributed by atoms with van der Waals surface area (Å²) in [5.74, 6) is 2.97. The molecule has 0 unspecified atom stereocenters. The molecule has 1 saturated carbocycles.